The van der Waals surface area contributed by atoms with Crippen molar-refractivity contribution in [1.29, 1.82) is 0 Å². The Labute approximate surface area is 177 Å². The molecule has 0 aliphatic carbocycles. The minimum Gasteiger partial charge on any atom is -0.497 e. The highest BCUT2D eigenvalue weighted by Crippen LogP contribution is 2.29. The number of nitrogens with two attached hydrogens (primary N) is 1. The molecular weight excluding hydrogens is 492 g/mol. The Morgan fingerprint density at radius 1 is 1.18 bits per heavy atom. The predicted molar refractivity (Wildman–Crippen MR) is 110 cm³/mol. The van der Waals surface area contributed by atoms with Gasteiger partial charge < -0.3 is 25.3 Å². The minimum absolute atomic E-state index is 0. The largest absolute Gasteiger partial charge is 0.497 e. The summed E-state index contributed by atoms with van der Waals surface area (Å²) in [5, 5.41) is 2.89. The molecule has 0 unspecified atom stereocenters. The lowest BCUT2D eigenvalue weighted by Gasteiger charge is -2.12. The van der Waals surface area contributed by atoms with Crippen molar-refractivity contribution >= 4 is 35.6 Å². The van der Waals surface area contributed by atoms with E-state index in [1.54, 1.807) is 18.2 Å². The van der Waals surface area contributed by atoms with Crippen LogP contribution in [0.5, 0.6) is 17.4 Å². The van der Waals surface area contributed by atoms with E-state index in [9.17, 15) is 13.2 Å². The molecule has 0 atom stereocenters. The zero-order chi connectivity index (χ0) is 19.9. The summed E-state index contributed by atoms with van der Waals surface area (Å²) in [7, 11) is 3.06. The van der Waals surface area contributed by atoms with E-state index in [2.05, 4.69) is 15.3 Å². The second-order valence-electron chi connectivity index (χ2n) is 5.19. The smallest absolute Gasteiger partial charge is 0.417 e. The quantitative estimate of drug-likeness (QED) is 0.255. The highest BCUT2D eigenvalue weighted by molar-refractivity contribution is 14.0. The molecule has 0 saturated carbocycles. The number of pyridine rings is 1. The van der Waals surface area contributed by atoms with E-state index in [1.807, 2.05) is 0 Å². The van der Waals surface area contributed by atoms with Crippen molar-refractivity contribution < 1.29 is 27.4 Å². The molecule has 0 aliphatic rings. The van der Waals surface area contributed by atoms with Gasteiger partial charge in [0.05, 0.1) is 32.0 Å². The van der Waals surface area contributed by atoms with Crippen molar-refractivity contribution in [3.8, 4) is 17.4 Å². The number of alkyl halides is 3. The highest BCUT2D eigenvalue weighted by Gasteiger charge is 2.30. The molecule has 7 nitrogen and oxygen atoms in total. The van der Waals surface area contributed by atoms with Gasteiger partial charge >= 0.3 is 6.18 Å². The molecular formula is C17H20F3IN4O3. The molecule has 1 aromatic heterocycles. The van der Waals surface area contributed by atoms with E-state index >= 15 is 0 Å². The molecule has 154 valence electrons. The summed E-state index contributed by atoms with van der Waals surface area (Å²) in [6, 6.07) is 7.20. The van der Waals surface area contributed by atoms with Gasteiger partial charge in [-0.15, -0.1) is 24.0 Å². The van der Waals surface area contributed by atoms with Crippen molar-refractivity contribution in [3.63, 3.8) is 0 Å². The molecule has 3 N–H and O–H groups in total. The number of guanidine groups is 1. The number of nitrogens with zero attached hydrogens (tertiary/aromatic N) is 2. The molecule has 28 heavy (non-hydrogen) atoms. The predicted octanol–water partition coefficient (Wildman–Crippen LogP) is 3.54. The van der Waals surface area contributed by atoms with Crippen LogP contribution >= 0.6 is 24.0 Å². The standard InChI is InChI=1S/C17H19F3N4O3.HI/c1-25-12-4-5-14(26-2)13(9-12)24-16(21)22-7-8-27-15-6-3-11(10-23-15)17(18,19)20;/h3-6,9-10H,7-8H2,1-2H3,(H3,21,22,24);1H. The number of anilines is 1. The fourth-order valence-corrected chi connectivity index (χ4v) is 2.04. The van der Waals surface area contributed by atoms with Gasteiger partial charge in [0.25, 0.3) is 0 Å². The monoisotopic (exact) mass is 512 g/mol. The van der Waals surface area contributed by atoms with Gasteiger partial charge in [0.1, 0.15) is 18.1 Å². The molecule has 2 aromatic rings. The van der Waals surface area contributed by atoms with Gasteiger partial charge in [0.15, 0.2) is 5.96 Å². The second-order valence-corrected chi connectivity index (χ2v) is 5.19. The Balaban J connectivity index is 0.00000392. The number of hydrogen-bond acceptors (Lipinski definition) is 5. The van der Waals surface area contributed by atoms with Gasteiger partial charge in [-0.2, -0.15) is 13.2 Å². The van der Waals surface area contributed by atoms with Gasteiger partial charge in [0, 0.05) is 18.3 Å². The van der Waals surface area contributed by atoms with Crippen molar-refractivity contribution in [2.45, 2.75) is 6.18 Å². The first kappa shape index (κ1) is 23.6. The first-order valence-corrected chi connectivity index (χ1v) is 7.78. The number of aromatic nitrogens is 1. The summed E-state index contributed by atoms with van der Waals surface area (Å²) in [5.41, 5.74) is 5.55. The van der Waals surface area contributed by atoms with Crippen LogP contribution in [0.25, 0.3) is 0 Å². The van der Waals surface area contributed by atoms with E-state index in [0.717, 1.165) is 12.1 Å². The van der Waals surface area contributed by atoms with Crippen molar-refractivity contribution in [2.24, 2.45) is 10.7 Å². The van der Waals surface area contributed by atoms with Crippen LogP contribution in [0, 0.1) is 0 Å². The van der Waals surface area contributed by atoms with Crippen LogP contribution in [0.15, 0.2) is 41.5 Å². The SMILES string of the molecule is COc1ccc(OC)c(NC(N)=NCCOc2ccc(C(F)(F)F)cn2)c1.I. The summed E-state index contributed by atoms with van der Waals surface area (Å²) in [4.78, 5) is 7.68. The third-order valence-corrected chi connectivity index (χ3v) is 3.36. The molecule has 0 spiro atoms. The number of ether oxygens (including phenoxy) is 3. The second kappa shape index (κ2) is 10.8. The molecule has 2 rings (SSSR count). The lowest BCUT2D eigenvalue weighted by atomic mass is 10.2. The van der Waals surface area contributed by atoms with E-state index in [-0.39, 0.29) is 49.0 Å². The average Bonchev–Trinajstić information content (AvgIpc) is 2.65. The maximum absolute atomic E-state index is 12.5. The fourth-order valence-electron chi connectivity index (χ4n) is 2.04. The maximum atomic E-state index is 12.5. The number of methoxy groups -OCH3 is 2. The van der Waals surface area contributed by atoms with Crippen molar-refractivity contribution in [2.75, 3.05) is 32.7 Å². The average molecular weight is 512 g/mol. The molecule has 1 heterocycles. The Morgan fingerprint density at radius 3 is 2.50 bits per heavy atom. The van der Waals surface area contributed by atoms with Gasteiger partial charge in [-0.25, -0.2) is 9.98 Å². The Morgan fingerprint density at radius 2 is 1.93 bits per heavy atom. The minimum atomic E-state index is -4.43. The lowest BCUT2D eigenvalue weighted by molar-refractivity contribution is -0.137. The van der Waals surface area contributed by atoms with Crippen LogP contribution in [0.1, 0.15) is 5.56 Å². The summed E-state index contributed by atoms with van der Waals surface area (Å²) in [6.45, 7) is 0.268. The number of halogens is 4. The van der Waals surface area contributed by atoms with Crippen LogP contribution < -0.4 is 25.3 Å². The van der Waals surface area contributed by atoms with Gasteiger partial charge in [-0.3, -0.25) is 0 Å². The summed E-state index contributed by atoms with van der Waals surface area (Å²) in [5.74, 6) is 1.35. The molecule has 0 aliphatic heterocycles. The van der Waals surface area contributed by atoms with Crippen molar-refractivity contribution in [1.82, 2.24) is 4.98 Å². The van der Waals surface area contributed by atoms with Crippen molar-refractivity contribution in [3.05, 3.63) is 42.1 Å². The zero-order valence-electron chi connectivity index (χ0n) is 15.1. The van der Waals surface area contributed by atoms with Crippen LogP contribution in [0.4, 0.5) is 18.9 Å². The Kier molecular flexibility index (Phi) is 9.09. The molecule has 11 heteroatoms. The van der Waals surface area contributed by atoms with Crippen LogP contribution in [0.3, 0.4) is 0 Å². The van der Waals surface area contributed by atoms with Gasteiger partial charge in [-0.05, 0) is 18.2 Å². The van der Waals surface area contributed by atoms with E-state index in [0.29, 0.717) is 23.4 Å². The fraction of sp³-hybridized carbons (Fsp3) is 0.294. The number of nitrogens with one attached hydrogen (secondary N) is 1. The maximum Gasteiger partial charge on any atom is 0.417 e. The summed E-state index contributed by atoms with van der Waals surface area (Å²) >= 11 is 0. The van der Waals surface area contributed by atoms with Crippen LogP contribution in [-0.2, 0) is 6.18 Å². The number of hydrogen-bond donors (Lipinski definition) is 2. The van der Waals surface area contributed by atoms with Gasteiger partial charge in [0.2, 0.25) is 5.88 Å². The van der Waals surface area contributed by atoms with Crippen LogP contribution in [0.2, 0.25) is 0 Å². The molecule has 0 saturated heterocycles. The van der Waals surface area contributed by atoms with E-state index in [4.69, 9.17) is 19.9 Å². The number of aliphatic imine (C=N–C) groups is 1. The third-order valence-electron chi connectivity index (χ3n) is 3.36. The Hall–Kier alpha value is -2.44. The number of benzene rings is 1. The molecule has 1 aromatic carbocycles. The first-order valence-electron chi connectivity index (χ1n) is 7.78. The van der Waals surface area contributed by atoms with E-state index in [1.165, 1.54) is 14.2 Å². The molecule has 0 fully saturated rings. The normalized spacial score (nSPS) is 11.4. The highest BCUT2D eigenvalue weighted by atomic mass is 127. The molecule has 0 bridgehead atoms. The van der Waals surface area contributed by atoms with E-state index < -0.39 is 11.7 Å². The summed E-state index contributed by atoms with van der Waals surface area (Å²) < 4.78 is 53.0. The molecule has 0 amide bonds. The number of rotatable bonds is 7. The molecule has 0 radical (unpaired) electrons. The van der Waals surface area contributed by atoms with Gasteiger partial charge in [-0.1, -0.05) is 0 Å². The summed E-state index contributed by atoms with van der Waals surface area (Å²) in [6.07, 6.45) is -3.72. The zero-order valence-corrected chi connectivity index (χ0v) is 17.4. The third kappa shape index (κ3) is 6.94. The topological polar surface area (TPSA) is 91.0 Å². The Bertz CT molecular complexity index is 786. The lowest BCUT2D eigenvalue weighted by Crippen LogP contribution is -2.24. The van der Waals surface area contributed by atoms with Crippen LogP contribution in [-0.4, -0.2) is 38.3 Å². The first-order chi connectivity index (χ1) is 12.8.